The van der Waals surface area contributed by atoms with Gasteiger partial charge in [0.2, 0.25) is 15.9 Å². The number of rotatable bonds is 7. The molecule has 1 heterocycles. The Hall–Kier alpha value is -2.38. The van der Waals surface area contributed by atoms with Gasteiger partial charge in [-0.05, 0) is 54.2 Å². The summed E-state index contributed by atoms with van der Waals surface area (Å²) >= 11 is 0. The molecule has 0 unspecified atom stereocenters. The summed E-state index contributed by atoms with van der Waals surface area (Å²) < 4.78 is 33.2. The Balaban J connectivity index is 1.92. The maximum absolute atomic E-state index is 13.4. The SMILES string of the molecule is COc1ccc(S(=O)(=O)N2Cc3ccccc3C[C@@H]2C(=O)NCCC(C)C)cc1. The van der Waals surface area contributed by atoms with Crippen molar-refractivity contribution in [2.75, 3.05) is 13.7 Å². The maximum Gasteiger partial charge on any atom is 0.244 e. The molecule has 0 bridgehead atoms. The third-order valence-electron chi connectivity index (χ3n) is 5.20. The first kappa shape index (κ1) is 21.3. The van der Waals surface area contributed by atoms with Crippen molar-refractivity contribution < 1.29 is 17.9 Å². The first-order valence-corrected chi connectivity index (χ1v) is 11.3. The van der Waals surface area contributed by atoms with Gasteiger partial charge in [0.15, 0.2) is 0 Å². The molecule has 2 aromatic carbocycles. The van der Waals surface area contributed by atoms with E-state index in [0.717, 1.165) is 17.5 Å². The number of hydrogen-bond donors (Lipinski definition) is 1. The van der Waals surface area contributed by atoms with Crippen LogP contribution in [0, 0.1) is 5.92 Å². The van der Waals surface area contributed by atoms with E-state index in [9.17, 15) is 13.2 Å². The zero-order valence-electron chi connectivity index (χ0n) is 17.1. The molecule has 1 atom stereocenters. The summed E-state index contributed by atoms with van der Waals surface area (Å²) in [6.07, 6.45) is 1.21. The van der Waals surface area contributed by atoms with E-state index in [2.05, 4.69) is 19.2 Å². The Bertz CT molecular complexity index is 955. The van der Waals surface area contributed by atoms with Gasteiger partial charge in [-0.1, -0.05) is 38.1 Å². The molecule has 0 fully saturated rings. The lowest BCUT2D eigenvalue weighted by Gasteiger charge is -2.35. The zero-order valence-corrected chi connectivity index (χ0v) is 17.9. The Kier molecular flexibility index (Phi) is 6.59. The molecule has 156 valence electrons. The molecule has 1 amide bonds. The fourth-order valence-corrected chi connectivity index (χ4v) is 5.03. The minimum atomic E-state index is -3.85. The van der Waals surface area contributed by atoms with Crippen molar-refractivity contribution in [3.63, 3.8) is 0 Å². The van der Waals surface area contributed by atoms with Crippen LogP contribution >= 0.6 is 0 Å². The van der Waals surface area contributed by atoms with E-state index >= 15 is 0 Å². The molecule has 6 nitrogen and oxygen atoms in total. The highest BCUT2D eigenvalue weighted by Crippen LogP contribution is 2.30. The van der Waals surface area contributed by atoms with E-state index in [0.29, 0.717) is 24.6 Å². The Morgan fingerprint density at radius 2 is 1.79 bits per heavy atom. The van der Waals surface area contributed by atoms with Crippen LogP contribution in [0.4, 0.5) is 0 Å². The molecule has 3 rings (SSSR count). The third-order valence-corrected chi connectivity index (χ3v) is 7.06. The van der Waals surface area contributed by atoms with Gasteiger partial charge in [0.05, 0.1) is 12.0 Å². The number of ether oxygens (including phenoxy) is 1. The van der Waals surface area contributed by atoms with Gasteiger partial charge in [0.1, 0.15) is 11.8 Å². The first-order chi connectivity index (χ1) is 13.8. The van der Waals surface area contributed by atoms with Crippen molar-refractivity contribution in [3.8, 4) is 5.75 Å². The monoisotopic (exact) mass is 416 g/mol. The van der Waals surface area contributed by atoms with E-state index in [1.54, 1.807) is 12.1 Å². The number of nitrogens with zero attached hydrogens (tertiary/aromatic N) is 1. The van der Waals surface area contributed by atoms with Gasteiger partial charge in [-0.3, -0.25) is 4.79 Å². The van der Waals surface area contributed by atoms with Gasteiger partial charge in [0, 0.05) is 13.1 Å². The second kappa shape index (κ2) is 8.97. The van der Waals surface area contributed by atoms with Crippen molar-refractivity contribution in [2.45, 2.75) is 44.2 Å². The highest BCUT2D eigenvalue weighted by atomic mass is 32.2. The number of nitrogens with one attached hydrogen (secondary N) is 1. The van der Waals surface area contributed by atoms with Crippen molar-refractivity contribution in [3.05, 3.63) is 59.7 Å². The molecule has 1 aliphatic heterocycles. The highest BCUT2D eigenvalue weighted by molar-refractivity contribution is 7.89. The van der Waals surface area contributed by atoms with E-state index in [4.69, 9.17) is 4.74 Å². The van der Waals surface area contributed by atoms with Crippen molar-refractivity contribution in [1.29, 1.82) is 0 Å². The Labute approximate surface area is 172 Å². The summed E-state index contributed by atoms with van der Waals surface area (Å²) in [5, 5.41) is 2.92. The van der Waals surface area contributed by atoms with Gasteiger partial charge >= 0.3 is 0 Å². The average Bonchev–Trinajstić information content (AvgIpc) is 2.72. The largest absolute Gasteiger partial charge is 0.497 e. The van der Waals surface area contributed by atoms with Crippen LogP contribution in [0.3, 0.4) is 0 Å². The third kappa shape index (κ3) is 4.79. The summed E-state index contributed by atoms with van der Waals surface area (Å²) in [5.74, 6) is 0.787. The lowest BCUT2D eigenvalue weighted by molar-refractivity contribution is -0.125. The first-order valence-electron chi connectivity index (χ1n) is 9.83. The molecular weight excluding hydrogens is 388 g/mol. The molecule has 0 saturated carbocycles. The van der Waals surface area contributed by atoms with E-state index in [1.807, 2.05) is 24.3 Å². The zero-order chi connectivity index (χ0) is 21.0. The normalized spacial score (nSPS) is 17.0. The number of hydrogen-bond acceptors (Lipinski definition) is 4. The predicted molar refractivity (Wildman–Crippen MR) is 112 cm³/mol. The lowest BCUT2D eigenvalue weighted by Crippen LogP contribution is -2.52. The number of carbonyl (C=O) groups excluding carboxylic acids is 1. The molecule has 1 N–H and O–H groups in total. The molecule has 0 radical (unpaired) electrons. The standard InChI is InChI=1S/C22H28N2O4S/c1-16(2)12-13-23-22(25)21-14-17-6-4-5-7-18(17)15-24(21)29(26,27)20-10-8-19(28-3)9-11-20/h4-11,16,21H,12-15H2,1-3H3,(H,23,25)/t21-/m1/s1. The number of fused-ring (bicyclic) bond motifs is 1. The maximum atomic E-state index is 13.4. The van der Waals surface area contributed by atoms with Crippen molar-refractivity contribution >= 4 is 15.9 Å². The van der Waals surface area contributed by atoms with Crippen LogP contribution in [-0.2, 0) is 27.8 Å². The molecule has 29 heavy (non-hydrogen) atoms. The Morgan fingerprint density at radius 3 is 2.41 bits per heavy atom. The summed E-state index contributed by atoms with van der Waals surface area (Å²) in [5.41, 5.74) is 1.94. The van der Waals surface area contributed by atoms with Crippen LogP contribution in [0.25, 0.3) is 0 Å². The molecule has 2 aromatic rings. The molecule has 7 heteroatoms. The predicted octanol–water partition coefficient (Wildman–Crippen LogP) is 2.97. The second-order valence-corrected chi connectivity index (χ2v) is 9.58. The Morgan fingerprint density at radius 1 is 1.14 bits per heavy atom. The fraction of sp³-hybridized carbons (Fsp3) is 0.409. The summed E-state index contributed by atoms with van der Waals surface area (Å²) in [7, 11) is -2.32. The molecule has 0 spiro atoms. The highest BCUT2D eigenvalue weighted by Gasteiger charge is 2.39. The van der Waals surface area contributed by atoms with Crippen LogP contribution in [0.5, 0.6) is 5.75 Å². The van der Waals surface area contributed by atoms with E-state index < -0.39 is 16.1 Å². The van der Waals surface area contributed by atoms with Crippen LogP contribution in [0.2, 0.25) is 0 Å². The summed E-state index contributed by atoms with van der Waals surface area (Å²) in [6, 6.07) is 13.2. The van der Waals surface area contributed by atoms with Gasteiger partial charge in [-0.15, -0.1) is 0 Å². The van der Waals surface area contributed by atoms with Gasteiger partial charge < -0.3 is 10.1 Å². The quantitative estimate of drug-likeness (QED) is 0.753. The number of methoxy groups -OCH3 is 1. The second-order valence-electron chi connectivity index (χ2n) is 7.69. The lowest BCUT2D eigenvalue weighted by atomic mass is 9.95. The summed E-state index contributed by atoms with van der Waals surface area (Å²) in [4.78, 5) is 13.1. The van der Waals surface area contributed by atoms with Crippen molar-refractivity contribution in [2.24, 2.45) is 5.92 Å². The number of benzene rings is 2. The van der Waals surface area contributed by atoms with E-state index in [-0.39, 0.29) is 17.3 Å². The van der Waals surface area contributed by atoms with Crippen LogP contribution in [0.15, 0.2) is 53.4 Å². The van der Waals surface area contributed by atoms with Crippen molar-refractivity contribution in [1.82, 2.24) is 9.62 Å². The fourth-order valence-electron chi connectivity index (χ4n) is 3.46. The van der Waals surface area contributed by atoms with Gasteiger partial charge in [0.25, 0.3) is 0 Å². The summed E-state index contributed by atoms with van der Waals surface area (Å²) in [6.45, 7) is 4.88. The molecule has 1 aliphatic rings. The number of carbonyl (C=O) groups is 1. The molecule has 0 saturated heterocycles. The van der Waals surface area contributed by atoms with Gasteiger partial charge in [-0.2, -0.15) is 4.31 Å². The van der Waals surface area contributed by atoms with Crippen LogP contribution in [0.1, 0.15) is 31.4 Å². The molecule has 0 aliphatic carbocycles. The van der Waals surface area contributed by atoms with Crippen LogP contribution in [-0.4, -0.2) is 38.3 Å². The van der Waals surface area contributed by atoms with E-state index in [1.165, 1.54) is 23.5 Å². The minimum Gasteiger partial charge on any atom is -0.497 e. The molecular formula is C22H28N2O4S. The molecule has 0 aromatic heterocycles. The number of amides is 1. The minimum absolute atomic E-state index is 0.151. The number of sulfonamides is 1. The van der Waals surface area contributed by atoms with Crippen LogP contribution < -0.4 is 10.1 Å². The smallest absolute Gasteiger partial charge is 0.244 e. The topological polar surface area (TPSA) is 75.7 Å². The average molecular weight is 417 g/mol. The van der Waals surface area contributed by atoms with Gasteiger partial charge in [-0.25, -0.2) is 8.42 Å².